The van der Waals surface area contributed by atoms with Gasteiger partial charge in [0.15, 0.2) is 0 Å². The van der Waals surface area contributed by atoms with Gasteiger partial charge in [0.2, 0.25) is 5.91 Å². The van der Waals surface area contributed by atoms with Gasteiger partial charge in [0.05, 0.1) is 6.54 Å². The maximum atomic E-state index is 11.8. The zero-order valence-electron chi connectivity index (χ0n) is 12.7. The molecule has 1 rings (SSSR count). The van der Waals surface area contributed by atoms with Gasteiger partial charge in [0.25, 0.3) is 0 Å². The predicted octanol–water partition coefficient (Wildman–Crippen LogP) is 2.56. The molecule has 1 aromatic carbocycles. The number of carbonyl (C=O) groups is 1. The molecule has 20 heavy (non-hydrogen) atoms. The number of nitrogens with zero attached hydrogens (tertiary/aromatic N) is 1. The van der Waals surface area contributed by atoms with Crippen molar-refractivity contribution in [2.75, 3.05) is 36.4 Å². The van der Waals surface area contributed by atoms with Gasteiger partial charge in [-0.15, -0.1) is 6.58 Å². The van der Waals surface area contributed by atoms with Crippen molar-refractivity contribution in [1.82, 2.24) is 5.32 Å². The highest BCUT2D eigenvalue weighted by molar-refractivity contribution is 5.93. The summed E-state index contributed by atoms with van der Waals surface area (Å²) < 4.78 is 0. The van der Waals surface area contributed by atoms with Crippen LogP contribution in [0.1, 0.15) is 19.4 Å². The molecule has 0 heterocycles. The molecule has 0 aliphatic heterocycles. The molecule has 0 unspecified atom stereocenters. The van der Waals surface area contributed by atoms with Gasteiger partial charge in [0, 0.05) is 31.0 Å². The Morgan fingerprint density at radius 2 is 2.05 bits per heavy atom. The van der Waals surface area contributed by atoms with E-state index in [4.69, 9.17) is 0 Å². The first-order valence-electron chi connectivity index (χ1n) is 7.09. The van der Waals surface area contributed by atoms with Gasteiger partial charge in [0.1, 0.15) is 0 Å². The Bertz CT molecular complexity index is 453. The van der Waals surface area contributed by atoms with Crippen molar-refractivity contribution in [2.45, 2.75) is 20.8 Å². The maximum Gasteiger partial charge on any atom is 0.238 e. The molecule has 0 bridgehead atoms. The zero-order valence-corrected chi connectivity index (χ0v) is 12.7. The van der Waals surface area contributed by atoms with Gasteiger partial charge in [-0.2, -0.15) is 0 Å². The van der Waals surface area contributed by atoms with Crippen molar-refractivity contribution in [1.29, 1.82) is 0 Å². The van der Waals surface area contributed by atoms with Gasteiger partial charge >= 0.3 is 0 Å². The van der Waals surface area contributed by atoms with Crippen LogP contribution >= 0.6 is 0 Å². The molecular formula is C16H25N3O. The second-order valence-corrected chi connectivity index (χ2v) is 4.64. The van der Waals surface area contributed by atoms with E-state index in [1.54, 1.807) is 6.08 Å². The van der Waals surface area contributed by atoms with Gasteiger partial charge in [-0.3, -0.25) is 4.79 Å². The van der Waals surface area contributed by atoms with Crippen LogP contribution in [0.15, 0.2) is 30.9 Å². The number of hydrogen-bond acceptors (Lipinski definition) is 3. The Morgan fingerprint density at radius 1 is 1.35 bits per heavy atom. The molecule has 0 aromatic heterocycles. The Labute approximate surface area is 121 Å². The van der Waals surface area contributed by atoms with E-state index >= 15 is 0 Å². The lowest BCUT2D eigenvalue weighted by Crippen LogP contribution is -2.28. The number of nitrogens with one attached hydrogen (secondary N) is 2. The van der Waals surface area contributed by atoms with Crippen LogP contribution in [-0.2, 0) is 4.79 Å². The molecule has 0 radical (unpaired) electrons. The summed E-state index contributed by atoms with van der Waals surface area (Å²) in [5, 5.41) is 5.90. The SMILES string of the molecule is C=CCNCC(=O)Nc1ccc(N(CC)CC)cc1C. The minimum absolute atomic E-state index is 0.0365. The first-order valence-corrected chi connectivity index (χ1v) is 7.09. The molecule has 4 nitrogen and oxygen atoms in total. The fourth-order valence-electron chi connectivity index (χ4n) is 2.06. The fraction of sp³-hybridized carbons (Fsp3) is 0.438. The molecule has 1 amide bonds. The topological polar surface area (TPSA) is 44.4 Å². The molecule has 0 aliphatic carbocycles. The summed E-state index contributed by atoms with van der Waals surface area (Å²) in [4.78, 5) is 14.0. The third-order valence-electron chi connectivity index (χ3n) is 3.19. The molecule has 110 valence electrons. The molecule has 4 heteroatoms. The fourth-order valence-corrected chi connectivity index (χ4v) is 2.06. The lowest BCUT2D eigenvalue weighted by Gasteiger charge is -2.22. The largest absolute Gasteiger partial charge is 0.372 e. The monoisotopic (exact) mass is 275 g/mol. The van der Waals surface area contributed by atoms with Gasteiger partial charge in [-0.05, 0) is 44.5 Å². The Balaban J connectivity index is 2.68. The van der Waals surface area contributed by atoms with Crippen molar-refractivity contribution >= 4 is 17.3 Å². The quantitative estimate of drug-likeness (QED) is 0.566. The van der Waals surface area contributed by atoms with Crippen molar-refractivity contribution in [3.63, 3.8) is 0 Å². The molecule has 1 aromatic rings. The standard InChI is InChI=1S/C16H25N3O/c1-5-10-17-12-16(20)18-15-9-8-14(11-13(15)4)19(6-2)7-3/h5,8-9,11,17H,1,6-7,10,12H2,2-4H3,(H,18,20). The van der Waals surface area contributed by atoms with Crippen LogP contribution in [0.25, 0.3) is 0 Å². The van der Waals surface area contributed by atoms with E-state index in [2.05, 4.69) is 42.0 Å². The first kappa shape index (κ1) is 16.2. The summed E-state index contributed by atoms with van der Waals surface area (Å²) in [5.41, 5.74) is 3.13. The zero-order chi connectivity index (χ0) is 15.0. The van der Waals surface area contributed by atoms with Crippen molar-refractivity contribution in [2.24, 2.45) is 0 Å². The second-order valence-electron chi connectivity index (χ2n) is 4.64. The van der Waals surface area contributed by atoms with Crippen LogP contribution in [0, 0.1) is 6.92 Å². The summed E-state index contributed by atoms with van der Waals surface area (Å²) in [6.45, 7) is 12.8. The molecule has 2 N–H and O–H groups in total. The average Bonchev–Trinajstić information content (AvgIpc) is 2.43. The minimum Gasteiger partial charge on any atom is -0.372 e. The summed E-state index contributed by atoms with van der Waals surface area (Å²) in [6.07, 6.45) is 1.73. The van der Waals surface area contributed by atoms with Crippen LogP contribution in [0.3, 0.4) is 0 Å². The molecule has 0 saturated heterocycles. The molecule has 0 spiro atoms. The molecule has 0 aliphatic rings. The minimum atomic E-state index is -0.0365. The lowest BCUT2D eigenvalue weighted by atomic mass is 10.1. The second kappa shape index (κ2) is 8.38. The number of hydrogen-bond donors (Lipinski definition) is 2. The molecule has 0 atom stereocenters. The third-order valence-corrected chi connectivity index (χ3v) is 3.19. The van der Waals surface area contributed by atoms with Crippen LogP contribution in [-0.4, -0.2) is 32.1 Å². The number of carbonyl (C=O) groups excluding carboxylic acids is 1. The Morgan fingerprint density at radius 3 is 2.60 bits per heavy atom. The highest BCUT2D eigenvalue weighted by Gasteiger charge is 2.07. The molecule has 0 fully saturated rings. The highest BCUT2D eigenvalue weighted by Crippen LogP contribution is 2.22. The summed E-state index contributed by atoms with van der Waals surface area (Å²) in [5.74, 6) is -0.0365. The third kappa shape index (κ3) is 4.70. The Hall–Kier alpha value is -1.81. The van der Waals surface area contributed by atoms with Crippen LogP contribution in [0.4, 0.5) is 11.4 Å². The number of rotatable bonds is 8. The van der Waals surface area contributed by atoms with E-state index in [1.807, 2.05) is 19.1 Å². The Kier molecular flexibility index (Phi) is 6.81. The van der Waals surface area contributed by atoms with Gasteiger partial charge in [-0.1, -0.05) is 6.08 Å². The van der Waals surface area contributed by atoms with Crippen LogP contribution < -0.4 is 15.5 Å². The van der Waals surface area contributed by atoms with Gasteiger partial charge in [-0.25, -0.2) is 0 Å². The normalized spacial score (nSPS) is 10.2. The number of amides is 1. The van der Waals surface area contributed by atoms with E-state index in [-0.39, 0.29) is 5.91 Å². The van der Waals surface area contributed by atoms with E-state index in [0.29, 0.717) is 13.1 Å². The van der Waals surface area contributed by atoms with Gasteiger partial charge < -0.3 is 15.5 Å². The van der Waals surface area contributed by atoms with E-state index in [9.17, 15) is 4.79 Å². The van der Waals surface area contributed by atoms with E-state index in [0.717, 1.165) is 24.3 Å². The smallest absolute Gasteiger partial charge is 0.238 e. The predicted molar refractivity (Wildman–Crippen MR) is 86.4 cm³/mol. The summed E-state index contributed by atoms with van der Waals surface area (Å²) >= 11 is 0. The highest BCUT2D eigenvalue weighted by atomic mass is 16.1. The van der Waals surface area contributed by atoms with E-state index < -0.39 is 0 Å². The first-order chi connectivity index (χ1) is 9.62. The van der Waals surface area contributed by atoms with Crippen molar-refractivity contribution in [3.05, 3.63) is 36.4 Å². The summed E-state index contributed by atoms with van der Waals surface area (Å²) in [7, 11) is 0. The van der Waals surface area contributed by atoms with Crippen molar-refractivity contribution in [3.8, 4) is 0 Å². The number of benzene rings is 1. The number of anilines is 2. The van der Waals surface area contributed by atoms with Crippen LogP contribution in [0.5, 0.6) is 0 Å². The van der Waals surface area contributed by atoms with E-state index in [1.165, 1.54) is 5.69 Å². The maximum absolute atomic E-state index is 11.8. The number of aryl methyl sites for hydroxylation is 1. The van der Waals surface area contributed by atoms with Crippen molar-refractivity contribution < 1.29 is 4.79 Å². The van der Waals surface area contributed by atoms with Crippen LogP contribution in [0.2, 0.25) is 0 Å². The molecular weight excluding hydrogens is 250 g/mol. The summed E-state index contributed by atoms with van der Waals surface area (Å²) in [6, 6.07) is 6.13. The lowest BCUT2D eigenvalue weighted by molar-refractivity contribution is -0.115. The molecule has 0 saturated carbocycles. The average molecular weight is 275 g/mol.